The molecule has 2 unspecified atom stereocenters. The Morgan fingerprint density at radius 2 is 2.36 bits per heavy atom. The molecule has 0 nitrogen and oxygen atoms in total. The fourth-order valence-electron chi connectivity index (χ4n) is 2.29. The molecule has 1 heterocycles. The van der Waals surface area contributed by atoms with E-state index < -0.39 is 0 Å². The van der Waals surface area contributed by atoms with E-state index in [1.807, 2.05) is 11.3 Å². The van der Waals surface area contributed by atoms with Crippen LogP contribution in [0.25, 0.3) is 0 Å². The van der Waals surface area contributed by atoms with Gasteiger partial charge in [-0.15, -0.1) is 0 Å². The topological polar surface area (TPSA) is 0 Å². The maximum Gasteiger partial charge on any atom is 0.0148 e. The van der Waals surface area contributed by atoms with Crippen LogP contribution in [0, 0.1) is 5.92 Å². The molecular formula is C12H17BrS. The molecule has 0 bridgehead atoms. The molecule has 2 heteroatoms. The zero-order valence-electron chi connectivity index (χ0n) is 8.42. The molecular weight excluding hydrogens is 256 g/mol. The van der Waals surface area contributed by atoms with Crippen molar-refractivity contribution in [1.29, 1.82) is 0 Å². The van der Waals surface area contributed by atoms with Gasteiger partial charge in [0.1, 0.15) is 0 Å². The second-order valence-corrected chi connectivity index (χ2v) is 6.38. The molecule has 1 aromatic rings. The molecule has 1 fully saturated rings. The van der Waals surface area contributed by atoms with Crippen molar-refractivity contribution in [2.24, 2.45) is 5.92 Å². The van der Waals surface area contributed by atoms with E-state index in [2.05, 4.69) is 32.8 Å². The highest BCUT2D eigenvalue weighted by Gasteiger charge is 2.19. The van der Waals surface area contributed by atoms with Crippen LogP contribution in [-0.2, 0) is 6.42 Å². The second kappa shape index (κ2) is 5.32. The van der Waals surface area contributed by atoms with Gasteiger partial charge in [0.15, 0.2) is 0 Å². The molecule has 2 atom stereocenters. The fraction of sp³-hybridized carbons (Fsp3) is 0.667. The van der Waals surface area contributed by atoms with Crippen molar-refractivity contribution in [1.82, 2.24) is 0 Å². The van der Waals surface area contributed by atoms with E-state index in [0.717, 1.165) is 10.7 Å². The number of aryl methyl sites for hydroxylation is 1. The molecule has 0 saturated heterocycles. The summed E-state index contributed by atoms with van der Waals surface area (Å²) in [6.45, 7) is 0. The Hall–Kier alpha value is 0.180. The highest BCUT2D eigenvalue weighted by Crippen LogP contribution is 2.31. The van der Waals surface area contributed by atoms with Gasteiger partial charge < -0.3 is 0 Å². The molecule has 0 amide bonds. The number of hydrogen-bond donors (Lipinski definition) is 0. The first-order chi connectivity index (χ1) is 6.84. The van der Waals surface area contributed by atoms with Crippen molar-refractivity contribution in [3.05, 3.63) is 22.4 Å². The molecule has 1 aromatic heterocycles. The molecule has 0 N–H and O–H groups in total. The third-order valence-corrected chi connectivity index (χ3v) is 4.70. The highest BCUT2D eigenvalue weighted by atomic mass is 79.9. The number of hydrogen-bond acceptors (Lipinski definition) is 1. The quantitative estimate of drug-likeness (QED) is 0.704. The van der Waals surface area contributed by atoms with Gasteiger partial charge >= 0.3 is 0 Å². The summed E-state index contributed by atoms with van der Waals surface area (Å²) < 4.78 is 0. The van der Waals surface area contributed by atoms with Gasteiger partial charge in [0.2, 0.25) is 0 Å². The number of thiophene rings is 1. The summed E-state index contributed by atoms with van der Waals surface area (Å²) >= 11 is 5.57. The predicted octanol–water partition coefficient (Wildman–Crippen LogP) is 4.63. The van der Waals surface area contributed by atoms with Crippen molar-refractivity contribution in [2.75, 3.05) is 0 Å². The Labute approximate surface area is 98.9 Å². The van der Waals surface area contributed by atoms with Gasteiger partial charge in [-0.05, 0) is 54.0 Å². The van der Waals surface area contributed by atoms with Crippen LogP contribution in [0.2, 0.25) is 0 Å². The predicted molar refractivity (Wildman–Crippen MR) is 67.3 cm³/mol. The average molecular weight is 273 g/mol. The molecule has 1 aliphatic rings. The van der Waals surface area contributed by atoms with E-state index in [9.17, 15) is 0 Å². The summed E-state index contributed by atoms with van der Waals surface area (Å²) in [5.41, 5.74) is 1.53. The summed E-state index contributed by atoms with van der Waals surface area (Å²) in [7, 11) is 0. The molecule has 14 heavy (non-hydrogen) atoms. The molecule has 0 aliphatic heterocycles. The van der Waals surface area contributed by atoms with Crippen LogP contribution in [0.4, 0.5) is 0 Å². The van der Waals surface area contributed by atoms with E-state index in [0.29, 0.717) is 0 Å². The second-order valence-electron chi connectivity index (χ2n) is 4.30. The first-order valence-corrected chi connectivity index (χ1v) is 7.35. The minimum absolute atomic E-state index is 0.795. The number of rotatable bonds is 3. The molecule has 1 aliphatic carbocycles. The Bertz CT molecular complexity index is 255. The number of alkyl halides is 1. The fourth-order valence-corrected chi connectivity index (χ4v) is 3.85. The van der Waals surface area contributed by atoms with Crippen LogP contribution in [0.1, 0.15) is 37.7 Å². The first-order valence-electron chi connectivity index (χ1n) is 5.50. The van der Waals surface area contributed by atoms with Crippen molar-refractivity contribution in [3.63, 3.8) is 0 Å². The lowest BCUT2D eigenvalue weighted by Gasteiger charge is -2.25. The standard InChI is InChI=1S/C12H17BrS/c13-12-3-1-2-10(8-12)4-5-11-6-7-14-9-11/h6-7,9-10,12H,1-5,8H2. The lowest BCUT2D eigenvalue weighted by Crippen LogP contribution is -2.15. The van der Waals surface area contributed by atoms with Crippen LogP contribution >= 0.6 is 27.3 Å². The summed E-state index contributed by atoms with van der Waals surface area (Å²) in [5, 5.41) is 4.47. The molecule has 78 valence electrons. The van der Waals surface area contributed by atoms with Crippen molar-refractivity contribution >= 4 is 27.3 Å². The van der Waals surface area contributed by atoms with E-state index in [4.69, 9.17) is 0 Å². The zero-order valence-corrected chi connectivity index (χ0v) is 10.8. The number of halogens is 1. The van der Waals surface area contributed by atoms with Gasteiger partial charge in [-0.2, -0.15) is 11.3 Å². The average Bonchev–Trinajstić information content (AvgIpc) is 2.67. The summed E-state index contributed by atoms with van der Waals surface area (Å²) in [6, 6.07) is 2.26. The SMILES string of the molecule is BrC1CCCC(CCc2ccsc2)C1. The first kappa shape index (κ1) is 10.7. The van der Waals surface area contributed by atoms with Crippen molar-refractivity contribution < 1.29 is 0 Å². The van der Waals surface area contributed by atoms with Gasteiger partial charge in [0.25, 0.3) is 0 Å². The summed E-state index contributed by atoms with van der Waals surface area (Å²) in [6.07, 6.45) is 8.32. The summed E-state index contributed by atoms with van der Waals surface area (Å²) in [5.74, 6) is 0.966. The lowest BCUT2D eigenvalue weighted by atomic mass is 9.85. The van der Waals surface area contributed by atoms with Crippen LogP contribution < -0.4 is 0 Å². The van der Waals surface area contributed by atoms with Crippen LogP contribution in [-0.4, -0.2) is 4.83 Å². The monoisotopic (exact) mass is 272 g/mol. The smallest absolute Gasteiger partial charge is 0.0148 e. The minimum atomic E-state index is 0.795. The molecule has 0 spiro atoms. The van der Waals surface area contributed by atoms with E-state index in [1.165, 1.54) is 44.1 Å². The maximum atomic E-state index is 3.75. The van der Waals surface area contributed by atoms with E-state index in [1.54, 1.807) is 0 Å². The normalized spacial score (nSPS) is 27.8. The van der Waals surface area contributed by atoms with Gasteiger partial charge in [0.05, 0.1) is 0 Å². The Morgan fingerprint density at radius 3 is 3.07 bits per heavy atom. The molecule has 2 rings (SSSR count). The van der Waals surface area contributed by atoms with Gasteiger partial charge in [-0.25, -0.2) is 0 Å². The van der Waals surface area contributed by atoms with E-state index in [-0.39, 0.29) is 0 Å². The Morgan fingerprint density at radius 1 is 1.43 bits per heavy atom. The maximum absolute atomic E-state index is 3.75. The molecule has 1 saturated carbocycles. The lowest BCUT2D eigenvalue weighted by molar-refractivity contribution is 0.349. The summed E-state index contributed by atoms with van der Waals surface area (Å²) in [4.78, 5) is 0.795. The van der Waals surface area contributed by atoms with Gasteiger partial charge in [0, 0.05) is 4.83 Å². The highest BCUT2D eigenvalue weighted by molar-refractivity contribution is 9.09. The van der Waals surface area contributed by atoms with Crippen LogP contribution in [0.5, 0.6) is 0 Å². The Balaban J connectivity index is 1.75. The third kappa shape index (κ3) is 3.09. The van der Waals surface area contributed by atoms with Crippen molar-refractivity contribution in [2.45, 2.75) is 43.4 Å². The van der Waals surface area contributed by atoms with Gasteiger partial charge in [-0.3, -0.25) is 0 Å². The van der Waals surface area contributed by atoms with Crippen molar-refractivity contribution in [3.8, 4) is 0 Å². The van der Waals surface area contributed by atoms with Crippen LogP contribution in [0.3, 0.4) is 0 Å². The zero-order chi connectivity index (χ0) is 9.80. The van der Waals surface area contributed by atoms with E-state index >= 15 is 0 Å². The molecule has 0 radical (unpaired) electrons. The van der Waals surface area contributed by atoms with Crippen LogP contribution in [0.15, 0.2) is 16.8 Å². The molecule has 0 aromatic carbocycles. The minimum Gasteiger partial charge on any atom is -0.152 e. The largest absolute Gasteiger partial charge is 0.152 e. The van der Waals surface area contributed by atoms with Gasteiger partial charge in [-0.1, -0.05) is 28.8 Å². The third-order valence-electron chi connectivity index (χ3n) is 3.14. The Kier molecular flexibility index (Phi) is 4.06.